The highest BCUT2D eigenvalue weighted by atomic mass is 79.9. The average molecular weight is 786 g/mol. The van der Waals surface area contributed by atoms with Crippen molar-refractivity contribution in [3.8, 4) is 5.75 Å². The normalized spacial score (nSPS) is 12.2. The molecule has 0 saturated carbocycles. The predicted octanol–water partition coefficient (Wildman–Crippen LogP) is 7.36. The van der Waals surface area contributed by atoms with E-state index in [0.29, 0.717) is 12.4 Å². The summed E-state index contributed by atoms with van der Waals surface area (Å²) in [6.07, 6.45) is 0.230. The highest BCUT2D eigenvalue weighted by Gasteiger charge is 2.35. The number of nitrogens with one attached hydrogen (secondary N) is 1. The van der Waals surface area contributed by atoms with E-state index in [0.717, 1.165) is 24.4 Å². The average Bonchev–Trinajstić information content (AvgIpc) is 3.03. The van der Waals surface area contributed by atoms with E-state index in [2.05, 4.69) is 37.2 Å². The fraction of sp³-hybridized carbons (Fsp3) is 0.278. The zero-order chi connectivity index (χ0) is 34.2. The van der Waals surface area contributed by atoms with Crippen molar-refractivity contribution >= 4 is 59.4 Å². The van der Waals surface area contributed by atoms with E-state index in [9.17, 15) is 18.0 Å². The Morgan fingerprint density at radius 1 is 0.809 bits per heavy atom. The highest BCUT2D eigenvalue weighted by molar-refractivity contribution is 9.10. The molecule has 0 fully saturated rings. The quantitative estimate of drug-likeness (QED) is 0.153. The Morgan fingerprint density at radius 2 is 1.38 bits per heavy atom. The van der Waals surface area contributed by atoms with Crippen molar-refractivity contribution in [2.45, 2.75) is 57.1 Å². The van der Waals surface area contributed by atoms with Crippen LogP contribution in [0.3, 0.4) is 0 Å². The summed E-state index contributed by atoms with van der Waals surface area (Å²) in [5.74, 6) is -0.301. The first-order valence-corrected chi connectivity index (χ1v) is 18.2. The van der Waals surface area contributed by atoms with Crippen LogP contribution in [0, 0.1) is 0 Å². The number of hydrogen-bond acceptors (Lipinski definition) is 5. The molecule has 47 heavy (non-hydrogen) atoms. The van der Waals surface area contributed by atoms with Gasteiger partial charge in [0.05, 0.1) is 17.2 Å². The second-order valence-corrected chi connectivity index (χ2v) is 15.7. The number of carbonyl (C=O) groups excluding carboxylic acids is 2. The smallest absolute Gasteiger partial charge is 0.264 e. The molecule has 0 radical (unpaired) electrons. The van der Waals surface area contributed by atoms with Crippen LogP contribution in [0.4, 0.5) is 5.69 Å². The van der Waals surface area contributed by atoms with E-state index in [1.165, 1.54) is 17.0 Å². The van der Waals surface area contributed by atoms with Crippen LogP contribution < -0.4 is 14.4 Å². The van der Waals surface area contributed by atoms with Crippen molar-refractivity contribution in [2.24, 2.45) is 0 Å². The summed E-state index contributed by atoms with van der Waals surface area (Å²) in [6.45, 7) is 7.48. The van der Waals surface area contributed by atoms with Crippen molar-refractivity contribution in [2.75, 3.05) is 17.5 Å². The highest BCUT2D eigenvalue weighted by Crippen LogP contribution is 2.28. The molecule has 1 atom stereocenters. The lowest BCUT2D eigenvalue weighted by molar-refractivity contribution is -0.140. The lowest BCUT2D eigenvalue weighted by atomic mass is 10.0. The van der Waals surface area contributed by atoms with Gasteiger partial charge in [0.2, 0.25) is 11.8 Å². The van der Waals surface area contributed by atoms with E-state index in [-0.39, 0.29) is 29.5 Å². The Hall–Kier alpha value is -3.67. The molecular formula is C36H39Br2N3O5S. The number of amides is 2. The second kappa shape index (κ2) is 16.0. The SMILES string of the molecule is CCOc1ccc(N(CC(=O)N(Cc2ccc(Br)cc2)C(Cc2ccccc2)C(=O)NC(C)(C)C)S(=O)(=O)c2ccc(Br)cc2)cc1. The van der Waals surface area contributed by atoms with E-state index in [1.807, 2.05) is 82.3 Å². The number of ether oxygens (including phenoxy) is 1. The molecule has 0 bridgehead atoms. The van der Waals surface area contributed by atoms with Gasteiger partial charge < -0.3 is 15.0 Å². The number of carbonyl (C=O) groups is 2. The lowest BCUT2D eigenvalue weighted by Gasteiger charge is -2.35. The summed E-state index contributed by atoms with van der Waals surface area (Å²) >= 11 is 6.83. The van der Waals surface area contributed by atoms with Crippen LogP contribution in [-0.4, -0.2) is 49.9 Å². The molecular weight excluding hydrogens is 746 g/mol. The van der Waals surface area contributed by atoms with Gasteiger partial charge in [-0.15, -0.1) is 0 Å². The van der Waals surface area contributed by atoms with Crippen molar-refractivity contribution in [3.05, 3.63) is 123 Å². The molecule has 0 heterocycles. The predicted molar refractivity (Wildman–Crippen MR) is 193 cm³/mol. The molecule has 4 rings (SSSR count). The van der Waals surface area contributed by atoms with Crippen LogP contribution in [-0.2, 0) is 32.6 Å². The first-order chi connectivity index (χ1) is 22.3. The molecule has 4 aromatic carbocycles. The molecule has 8 nitrogen and oxygen atoms in total. The van der Waals surface area contributed by atoms with E-state index in [1.54, 1.807) is 36.4 Å². The van der Waals surface area contributed by atoms with Crippen LogP contribution in [0.1, 0.15) is 38.8 Å². The standard InChI is InChI=1S/C36H39Br2N3O5S/c1-5-46-31-19-17-30(18-20-31)41(47(44,45)32-21-15-29(38)16-22-32)25-34(42)40(24-27-11-13-28(37)14-12-27)33(35(43)39-36(2,3)4)23-26-9-7-6-8-10-26/h6-22,33H,5,23-25H2,1-4H3,(H,39,43). The Kier molecular flexibility index (Phi) is 12.3. The van der Waals surface area contributed by atoms with Gasteiger partial charge in [-0.1, -0.05) is 74.3 Å². The Morgan fingerprint density at radius 3 is 1.94 bits per heavy atom. The van der Waals surface area contributed by atoms with Crippen molar-refractivity contribution in [1.29, 1.82) is 0 Å². The molecule has 4 aromatic rings. The number of nitrogens with zero attached hydrogens (tertiary/aromatic N) is 2. The van der Waals surface area contributed by atoms with Gasteiger partial charge in [0.25, 0.3) is 10.0 Å². The third-order valence-electron chi connectivity index (χ3n) is 7.15. The molecule has 0 aromatic heterocycles. The first kappa shape index (κ1) is 36.2. The van der Waals surface area contributed by atoms with Gasteiger partial charge in [-0.3, -0.25) is 13.9 Å². The van der Waals surface area contributed by atoms with E-state index >= 15 is 0 Å². The van der Waals surface area contributed by atoms with Crippen molar-refractivity contribution < 1.29 is 22.7 Å². The van der Waals surface area contributed by atoms with Crippen molar-refractivity contribution in [1.82, 2.24) is 10.2 Å². The van der Waals surface area contributed by atoms with E-state index in [4.69, 9.17) is 4.74 Å². The van der Waals surface area contributed by atoms with Crippen LogP contribution in [0.5, 0.6) is 5.75 Å². The number of rotatable bonds is 13. The fourth-order valence-electron chi connectivity index (χ4n) is 4.93. The number of anilines is 1. The number of hydrogen-bond donors (Lipinski definition) is 1. The molecule has 1 N–H and O–H groups in total. The van der Waals surface area contributed by atoms with Crippen LogP contribution >= 0.6 is 31.9 Å². The first-order valence-electron chi connectivity index (χ1n) is 15.2. The van der Waals surface area contributed by atoms with Crippen molar-refractivity contribution in [3.63, 3.8) is 0 Å². The summed E-state index contributed by atoms with van der Waals surface area (Å²) in [7, 11) is -4.22. The monoisotopic (exact) mass is 783 g/mol. The Labute approximate surface area is 294 Å². The summed E-state index contributed by atoms with van der Waals surface area (Å²) < 4.78 is 36.7. The van der Waals surface area contributed by atoms with Crippen LogP contribution in [0.25, 0.3) is 0 Å². The van der Waals surface area contributed by atoms with Gasteiger partial charge in [0, 0.05) is 27.4 Å². The number of benzene rings is 4. The minimum Gasteiger partial charge on any atom is -0.494 e. The molecule has 1 unspecified atom stereocenters. The number of halogens is 2. The molecule has 0 aliphatic rings. The Balaban J connectivity index is 1.81. The van der Waals surface area contributed by atoms with Crippen LogP contribution in [0.15, 0.2) is 117 Å². The molecule has 0 aliphatic carbocycles. The molecule has 0 aliphatic heterocycles. The maximum absolute atomic E-state index is 14.6. The zero-order valence-electron chi connectivity index (χ0n) is 26.8. The third-order valence-corrected chi connectivity index (χ3v) is 10.00. The molecule has 0 spiro atoms. The summed E-state index contributed by atoms with van der Waals surface area (Å²) in [5.41, 5.74) is 1.36. The van der Waals surface area contributed by atoms with Gasteiger partial charge in [-0.25, -0.2) is 8.42 Å². The summed E-state index contributed by atoms with van der Waals surface area (Å²) in [6, 6.07) is 28.8. The van der Waals surface area contributed by atoms with E-state index < -0.39 is 34.1 Å². The third kappa shape index (κ3) is 10.2. The van der Waals surface area contributed by atoms with Crippen LogP contribution in [0.2, 0.25) is 0 Å². The largest absolute Gasteiger partial charge is 0.494 e. The molecule has 248 valence electrons. The van der Waals surface area contributed by atoms with Gasteiger partial charge >= 0.3 is 0 Å². The van der Waals surface area contributed by atoms with Gasteiger partial charge in [0.1, 0.15) is 18.3 Å². The number of sulfonamides is 1. The Bertz CT molecular complexity index is 1740. The fourth-order valence-corrected chi connectivity index (χ4v) is 6.87. The molecule has 11 heteroatoms. The minimum absolute atomic E-state index is 0.0214. The topological polar surface area (TPSA) is 96.0 Å². The minimum atomic E-state index is -4.22. The summed E-state index contributed by atoms with van der Waals surface area (Å²) in [4.78, 5) is 30.1. The lowest BCUT2D eigenvalue weighted by Crippen LogP contribution is -2.56. The summed E-state index contributed by atoms with van der Waals surface area (Å²) in [5, 5.41) is 3.04. The molecule has 2 amide bonds. The maximum Gasteiger partial charge on any atom is 0.264 e. The second-order valence-electron chi connectivity index (χ2n) is 12.0. The van der Waals surface area contributed by atoms with Gasteiger partial charge in [0.15, 0.2) is 0 Å². The molecule has 0 saturated heterocycles. The van der Waals surface area contributed by atoms with Gasteiger partial charge in [-0.2, -0.15) is 0 Å². The zero-order valence-corrected chi connectivity index (χ0v) is 30.8. The maximum atomic E-state index is 14.6. The van der Waals surface area contributed by atoms with Gasteiger partial charge in [-0.05, 0) is 99.5 Å².